The molecule has 1 amide bonds. The maximum absolute atomic E-state index is 13.3. The highest BCUT2D eigenvalue weighted by Crippen LogP contribution is 2.32. The topological polar surface area (TPSA) is 88.3 Å². The van der Waals surface area contributed by atoms with Crippen LogP contribution in [0.1, 0.15) is 51.2 Å². The van der Waals surface area contributed by atoms with Crippen molar-refractivity contribution >= 4 is 27.5 Å². The lowest BCUT2D eigenvalue weighted by atomic mass is 10.1. The van der Waals surface area contributed by atoms with Crippen LogP contribution < -0.4 is 0 Å². The Morgan fingerprint density at radius 2 is 1.71 bits per heavy atom. The van der Waals surface area contributed by atoms with Crippen LogP contribution in [0, 0.1) is 27.7 Å². The lowest BCUT2D eigenvalue weighted by molar-refractivity contribution is 0.0555. The lowest BCUT2D eigenvalue weighted by Gasteiger charge is -2.36. The quantitative estimate of drug-likeness (QED) is 0.429. The first-order valence-corrected chi connectivity index (χ1v) is 12.3. The first kappa shape index (κ1) is 22.6. The number of hydrogen-bond donors (Lipinski definition) is 0. The van der Waals surface area contributed by atoms with Crippen LogP contribution in [-0.2, 0) is 0 Å². The number of hydrogen-bond acceptors (Lipinski definition) is 8. The Kier molecular flexibility index (Phi) is 5.91. The number of amides is 1. The van der Waals surface area contributed by atoms with Gasteiger partial charge in [-0.1, -0.05) is 35.0 Å². The van der Waals surface area contributed by atoms with Crippen LogP contribution in [0.4, 0.5) is 0 Å². The van der Waals surface area contributed by atoms with Crippen LogP contribution in [0.5, 0.6) is 0 Å². The molecule has 0 spiro atoms. The molecular weight excluding hydrogens is 448 g/mol. The van der Waals surface area contributed by atoms with E-state index in [-0.39, 0.29) is 11.9 Å². The average Bonchev–Trinajstić information content (AvgIpc) is 3.44. The van der Waals surface area contributed by atoms with E-state index >= 15 is 0 Å². The van der Waals surface area contributed by atoms with E-state index in [0.717, 1.165) is 50.8 Å². The lowest BCUT2D eigenvalue weighted by Crippen LogP contribution is -2.49. The second-order valence-electron chi connectivity index (χ2n) is 8.92. The van der Waals surface area contributed by atoms with Crippen LogP contribution in [-0.4, -0.2) is 62.0 Å². The molecular formula is C25H28N6O2S. The molecule has 0 N–H and O–H groups in total. The van der Waals surface area contributed by atoms with Gasteiger partial charge in [0.25, 0.3) is 5.91 Å². The summed E-state index contributed by atoms with van der Waals surface area (Å²) >= 11 is 1.47. The summed E-state index contributed by atoms with van der Waals surface area (Å²) in [4.78, 5) is 32.9. The van der Waals surface area contributed by atoms with Gasteiger partial charge in [0.2, 0.25) is 11.7 Å². The smallest absolute Gasteiger partial charge is 0.264 e. The van der Waals surface area contributed by atoms with Gasteiger partial charge in [-0.05, 0) is 40.2 Å². The minimum absolute atomic E-state index is 0.0177. The Labute approximate surface area is 202 Å². The summed E-state index contributed by atoms with van der Waals surface area (Å²) in [5, 5.41) is 5.18. The van der Waals surface area contributed by atoms with Crippen molar-refractivity contribution in [1.29, 1.82) is 0 Å². The minimum Gasteiger partial charge on any atom is -0.337 e. The number of thiophene rings is 1. The van der Waals surface area contributed by atoms with Gasteiger partial charge >= 0.3 is 0 Å². The summed E-state index contributed by atoms with van der Waals surface area (Å²) in [6, 6.07) is 8.07. The van der Waals surface area contributed by atoms with E-state index in [1.807, 2.05) is 49.9 Å². The first-order valence-electron chi connectivity index (χ1n) is 11.5. The third-order valence-electron chi connectivity index (χ3n) is 6.54. The van der Waals surface area contributed by atoms with Crippen molar-refractivity contribution in [3.05, 3.63) is 57.7 Å². The number of carbonyl (C=O) groups is 1. The number of fused-ring (bicyclic) bond motifs is 1. The molecule has 1 aliphatic heterocycles. The molecule has 4 aromatic rings. The number of piperazine rings is 1. The largest absolute Gasteiger partial charge is 0.337 e. The van der Waals surface area contributed by atoms with Crippen LogP contribution in [0.25, 0.3) is 21.6 Å². The van der Waals surface area contributed by atoms with Gasteiger partial charge in [0.15, 0.2) is 0 Å². The Balaban J connectivity index is 1.26. The van der Waals surface area contributed by atoms with Gasteiger partial charge in [0.05, 0.1) is 10.9 Å². The Bertz CT molecular complexity index is 1350. The maximum Gasteiger partial charge on any atom is 0.264 e. The van der Waals surface area contributed by atoms with Gasteiger partial charge in [-0.2, -0.15) is 4.98 Å². The first-order chi connectivity index (χ1) is 16.3. The molecule has 3 aromatic heterocycles. The summed E-state index contributed by atoms with van der Waals surface area (Å²) in [6.07, 6.45) is 0. The van der Waals surface area contributed by atoms with Crippen LogP contribution in [0.3, 0.4) is 0 Å². The summed E-state index contributed by atoms with van der Waals surface area (Å²) in [5.74, 6) is 2.01. The molecule has 0 saturated carbocycles. The molecule has 8 nitrogen and oxygen atoms in total. The second-order valence-corrected chi connectivity index (χ2v) is 9.92. The molecule has 1 aliphatic rings. The average molecular weight is 477 g/mol. The number of nitrogens with zero attached hydrogens (tertiary/aromatic N) is 6. The monoisotopic (exact) mass is 476 g/mol. The highest BCUT2D eigenvalue weighted by atomic mass is 32.1. The highest BCUT2D eigenvalue weighted by molar-refractivity contribution is 7.20. The summed E-state index contributed by atoms with van der Waals surface area (Å²) in [7, 11) is 0. The molecule has 1 aromatic carbocycles. The number of rotatable bonds is 4. The van der Waals surface area contributed by atoms with Gasteiger partial charge in [0.1, 0.15) is 10.7 Å². The molecule has 0 aliphatic carbocycles. The maximum atomic E-state index is 13.3. The molecule has 9 heteroatoms. The molecule has 1 fully saturated rings. The molecule has 34 heavy (non-hydrogen) atoms. The van der Waals surface area contributed by atoms with Crippen molar-refractivity contribution in [2.24, 2.45) is 0 Å². The van der Waals surface area contributed by atoms with Crippen molar-refractivity contribution in [2.75, 3.05) is 26.2 Å². The third kappa shape index (κ3) is 4.10. The minimum atomic E-state index is -0.0177. The van der Waals surface area contributed by atoms with Gasteiger partial charge in [-0.15, -0.1) is 11.3 Å². The molecule has 1 saturated heterocycles. The normalized spacial score (nSPS) is 15.7. The zero-order valence-corrected chi connectivity index (χ0v) is 20.9. The molecule has 4 heterocycles. The summed E-state index contributed by atoms with van der Waals surface area (Å²) in [6.45, 7) is 12.8. The predicted molar refractivity (Wildman–Crippen MR) is 132 cm³/mol. The number of carbonyl (C=O) groups excluding carboxylic acids is 1. The van der Waals surface area contributed by atoms with E-state index in [4.69, 9.17) is 4.52 Å². The van der Waals surface area contributed by atoms with Crippen LogP contribution >= 0.6 is 11.3 Å². The van der Waals surface area contributed by atoms with Gasteiger partial charge in [0, 0.05) is 42.8 Å². The van der Waals surface area contributed by atoms with E-state index in [1.54, 1.807) is 0 Å². The van der Waals surface area contributed by atoms with E-state index in [2.05, 4.69) is 38.9 Å². The van der Waals surface area contributed by atoms with Gasteiger partial charge in [-0.25, -0.2) is 9.97 Å². The van der Waals surface area contributed by atoms with Crippen molar-refractivity contribution in [3.8, 4) is 11.4 Å². The van der Waals surface area contributed by atoms with Crippen LogP contribution in [0.2, 0.25) is 0 Å². The van der Waals surface area contributed by atoms with Gasteiger partial charge in [-0.3, -0.25) is 9.69 Å². The zero-order chi connectivity index (χ0) is 24.0. The van der Waals surface area contributed by atoms with E-state index < -0.39 is 0 Å². The van der Waals surface area contributed by atoms with E-state index in [1.165, 1.54) is 16.9 Å². The number of aryl methyl sites for hydroxylation is 4. The van der Waals surface area contributed by atoms with Crippen LogP contribution in [0.15, 0.2) is 28.8 Å². The summed E-state index contributed by atoms with van der Waals surface area (Å²) in [5.41, 5.74) is 4.04. The summed E-state index contributed by atoms with van der Waals surface area (Å²) < 4.78 is 5.58. The van der Waals surface area contributed by atoms with Crippen molar-refractivity contribution in [1.82, 2.24) is 29.9 Å². The Morgan fingerprint density at radius 3 is 2.41 bits per heavy atom. The molecule has 0 bridgehead atoms. The molecule has 1 atom stereocenters. The highest BCUT2D eigenvalue weighted by Gasteiger charge is 2.30. The molecule has 176 valence electrons. The molecule has 0 radical (unpaired) electrons. The Morgan fingerprint density at radius 1 is 1.00 bits per heavy atom. The fraction of sp³-hybridized carbons (Fsp3) is 0.400. The second kappa shape index (κ2) is 8.88. The fourth-order valence-corrected chi connectivity index (χ4v) is 5.76. The number of benzene rings is 1. The van der Waals surface area contributed by atoms with Gasteiger partial charge < -0.3 is 9.42 Å². The van der Waals surface area contributed by atoms with Crippen molar-refractivity contribution in [3.63, 3.8) is 0 Å². The SMILES string of the molecule is Cc1ccc(-c2noc(C(C)N3CCN(C(=O)c4sc5nc(C)nc(C)c5c4C)CC3)n2)cc1. The zero-order valence-electron chi connectivity index (χ0n) is 20.1. The fourth-order valence-electron chi connectivity index (χ4n) is 4.51. The Hall–Kier alpha value is -3.17. The van der Waals surface area contributed by atoms with E-state index in [0.29, 0.717) is 24.8 Å². The standard InChI is InChI=1S/C25H28N6O2S/c1-14-6-8-19(9-7-14)22-28-23(33-29-22)17(4)30-10-12-31(13-11-30)25(32)21-15(2)20-16(3)26-18(5)27-24(20)34-21/h6-9,17H,10-13H2,1-5H3. The molecule has 1 unspecified atom stereocenters. The number of aromatic nitrogens is 4. The van der Waals surface area contributed by atoms with Crippen molar-refractivity contribution in [2.45, 2.75) is 40.7 Å². The predicted octanol–water partition coefficient (Wildman–Crippen LogP) is 4.49. The van der Waals surface area contributed by atoms with E-state index in [9.17, 15) is 4.79 Å². The van der Waals surface area contributed by atoms with Crippen molar-refractivity contribution < 1.29 is 9.32 Å². The third-order valence-corrected chi connectivity index (χ3v) is 7.71. The molecule has 5 rings (SSSR count).